The van der Waals surface area contributed by atoms with E-state index < -0.39 is 12.0 Å². The Morgan fingerprint density at radius 2 is 1.19 bits per heavy atom. The van der Waals surface area contributed by atoms with Gasteiger partial charge in [0.25, 0.3) is 0 Å². The first-order valence-electron chi connectivity index (χ1n) is 19.1. The second kappa shape index (κ2) is 22.5. The molecule has 0 saturated carbocycles. The number of hydrogen-bond acceptors (Lipinski definition) is 6. The summed E-state index contributed by atoms with van der Waals surface area (Å²) in [4.78, 5) is 40.4. The van der Waals surface area contributed by atoms with Gasteiger partial charge < -0.3 is 25.5 Å². The minimum absolute atomic E-state index is 0.0879. The van der Waals surface area contributed by atoms with Gasteiger partial charge in [-0.3, -0.25) is 0 Å². The number of nitrogens with one attached hydrogen (secondary N) is 3. The van der Waals surface area contributed by atoms with Gasteiger partial charge in [0, 0.05) is 11.4 Å². The number of fused-ring (bicyclic) bond motifs is 1. The molecular weight excluding hydrogens is 665 g/mol. The first-order valence-corrected chi connectivity index (χ1v) is 19.1. The molecule has 0 fully saturated rings. The predicted octanol–water partition coefficient (Wildman–Crippen LogP) is 11.8. The minimum atomic E-state index is -1.06. The van der Waals surface area contributed by atoms with Crippen molar-refractivity contribution in [3.8, 4) is 0 Å². The third-order valence-corrected chi connectivity index (χ3v) is 8.95. The highest BCUT2D eigenvalue weighted by molar-refractivity contribution is 6.04. The van der Waals surface area contributed by atoms with E-state index in [2.05, 4.69) is 34.8 Å². The number of anilines is 4. The second-order valence-electron chi connectivity index (χ2n) is 13.3. The molecule has 1 aromatic heterocycles. The molecule has 4 N–H and O–H groups in total. The smallest absolute Gasteiger partial charge is 0.348 e. The fourth-order valence-electron chi connectivity index (χ4n) is 6.03. The van der Waals surface area contributed by atoms with Crippen molar-refractivity contribution >= 4 is 46.0 Å². The lowest BCUT2D eigenvalue weighted by atomic mass is 10.0. The number of aryl methyl sites for hydroxylation is 2. The van der Waals surface area contributed by atoms with Crippen LogP contribution in [0.2, 0.25) is 0 Å². The van der Waals surface area contributed by atoms with Crippen LogP contribution in [0.25, 0.3) is 10.9 Å². The quantitative estimate of drug-likeness (QED) is 0.0624. The number of carboxylic acids is 1. The fraction of sp³-hybridized carbons (Fsp3) is 0.364. The molecule has 0 spiro atoms. The number of urea groups is 1. The maximum Gasteiger partial charge on any atom is 0.348 e. The first-order chi connectivity index (χ1) is 25.9. The molecule has 0 atom stereocenters. The van der Waals surface area contributed by atoms with Crippen LogP contribution in [-0.4, -0.2) is 22.1 Å². The van der Waals surface area contributed by atoms with Gasteiger partial charge in [0.1, 0.15) is 0 Å². The van der Waals surface area contributed by atoms with E-state index in [1.165, 1.54) is 69.8 Å². The molecular formula is C44H54N4O5. The van der Waals surface area contributed by atoms with Crippen molar-refractivity contribution in [3.63, 3.8) is 0 Å². The molecule has 53 heavy (non-hydrogen) atoms. The summed E-state index contributed by atoms with van der Waals surface area (Å²) in [7, 11) is 0. The number of carbonyl (C=O) groups excluding carboxylic acids is 1. The van der Waals surface area contributed by atoms with Crippen molar-refractivity contribution < 1.29 is 19.1 Å². The Kier molecular flexibility index (Phi) is 17.1. The van der Waals surface area contributed by atoms with Gasteiger partial charge in [-0.05, 0) is 85.3 Å². The molecule has 9 heteroatoms. The zero-order chi connectivity index (χ0) is 37.7. The zero-order valence-electron chi connectivity index (χ0n) is 31.2. The Morgan fingerprint density at radius 1 is 0.642 bits per heavy atom. The Balaban J connectivity index is 0.000000237. The molecule has 0 bridgehead atoms. The van der Waals surface area contributed by atoms with E-state index in [4.69, 9.17) is 4.42 Å². The SMILES string of the molecule is CCCCCCCCc1ccc(C(=O)O)c(NC(=O)Nc2ccccc2)c1.CCCCCCCCc1ccc2c(=O)oc(Nc3ccccc3)nc2c1. The van der Waals surface area contributed by atoms with Crippen LogP contribution in [0.15, 0.2) is 106 Å². The summed E-state index contributed by atoms with van der Waals surface area (Å²) in [5.74, 6) is -1.06. The number of unbranched alkanes of at least 4 members (excludes halogenated alkanes) is 10. The number of para-hydroxylation sites is 2. The van der Waals surface area contributed by atoms with Gasteiger partial charge in [-0.2, -0.15) is 4.98 Å². The molecule has 4 aromatic carbocycles. The van der Waals surface area contributed by atoms with Crippen LogP contribution in [0.3, 0.4) is 0 Å². The summed E-state index contributed by atoms with van der Waals surface area (Å²) < 4.78 is 5.29. The molecule has 5 aromatic rings. The van der Waals surface area contributed by atoms with Crippen molar-refractivity contribution in [1.82, 2.24) is 4.98 Å². The van der Waals surface area contributed by atoms with Crippen LogP contribution in [0.5, 0.6) is 0 Å². The van der Waals surface area contributed by atoms with Crippen LogP contribution < -0.4 is 21.6 Å². The van der Waals surface area contributed by atoms with Gasteiger partial charge >= 0.3 is 23.6 Å². The lowest BCUT2D eigenvalue weighted by Gasteiger charge is -2.12. The van der Waals surface area contributed by atoms with Crippen molar-refractivity contribution in [2.45, 2.75) is 104 Å². The van der Waals surface area contributed by atoms with E-state index in [1.807, 2.05) is 72.8 Å². The molecule has 1 heterocycles. The number of nitrogens with zero attached hydrogens (tertiary/aromatic N) is 1. The van der Waals surface area contributed by atoms with Gasteiger partial charge in [0.05, 0.1) is 22.2 Å². The highest BCUT2D eigenvalue weighted by Crippen LogP contribution is 2.22. The third kappa shape index (κ3) is 14.2. The molecule has 280 valence electrons. The number of rotatable bonds is 19. The molecule has 0 unspecified atom stereocenters. The first kappa shape index (κ1) is 40.3. The lowest BCUT2D eigenvalue weighted by molar-refractivity contribution is 0.0698. The highest BCUT2D eigenvalue weighted by atomic mass is 16.4. The molecule has 2 amide bonds. The standard InChI is InChI=1S/C22H28N2O3.C22H26N2O2/c1-2-3-4-5-6-8-11-17-14-15-19(21(25)26)20(16-17)24-22(27)23-18-12-9-7-10-13-18;1-2-3-4-5-6-8-11-17-14-15-19-20(16-17)24-22(26-21(19)25)23-18-12-9-7-10-13-18/h7,9-10,12-16H,2-6,8,11H2,1H3,(H,25,26)(H2,23,24,27);7,9-10,12-16H,2-6,8,11H2,1H3,(H,23,24). The number of amides is 2. The van der Waals surface area contributed by atoms with Gasteiger partial charge in [-0.15, -0.1) is 0 Å². The van der Waals surface area contributed by atoms with Crippen LogP contribution in [0.4, 0.5) is 27.9 Å². The Morgan fingerprint density at radius 3 is 1.79 bits per heavy atom. The molecule has 5 rings (SSSR count). The van der Waals surface area contributed by atoms with Crippen LogP contribution in [0, 0.1) is 0 Å². The van der Waals surface area contributed by atoms with Crippen molar-refractivity contribution in [2.24, 2.45) is 0 Å². The van der Waals surface area contributed by atoms with E-state index in [0.29, 0.717) is 22.3 Å². The number of carbonyl (C=O) groups is 2. The average molecular weight is 719 g/mol. The topological polar surface area (TPSA) is 134 Å². The molecule has 0 saturated heterocycles. The molecule has 0 radical (unpaired) electrons. The summed E-state index contributed by atoms with van der Waals surface area (Å²) in [5, 5.41) is 18.3. The largest absolute Gasteiger partial charge is 0.478 e. The Hall–Kier alpha value is -5.44. The van der Waals surface area contributed by atoms with E-state index in [0.717, 1.165) is 36.9 Å². The highest BCUT2D eigenvalue weighted by Gasteiger charge is 2.14. The van der Waals surface area contributed by atoms with Crippen LogP contribution >= 0.6 is 0 Å². The van der Waals surface area contributed by atoms with Gasteiger partial charge in [0.2, 0.25) is 0 Å². The summed E-state index contributed by atoms with van der Waals surface area (Å²) in [6.45, 7) is 4.44. The van der Waals surface area contributed by atoms with Crippen molar-refractivity contribution in [2.75, 3.05) is 16.0 Å². The Bertz CT molecular complexity index is 1910. The maximum absolute atomic E-state index is 12.2. The second-order valence-corrected chi connectivity index (χ2v) is 13.3. The van der Waals surface area contributed by atoms with E-state index in [-0.39, 0.29) is 17.2 Å². The fourth-order valence-corrected chi connectivity index (χ4v) is 6.03. The summed E-state index contributed by atoms with van der Waals surface area (Å²) >= 11 is 0. The predicted molar refractivity (Wildman–Crippen MR) is 217 cm³/mol. The summed E-state index contributed by atoms with van der Waals surface area (Å²) in [6.07, 6.45) is 16.8. The number of aromatic carboxylic acids is 1. The lowest BCUT2D eigenvalue weighted by Crippen LogP contribution is -2.21. The normalized spacial score (nSPS) is 10.7. The third-order valence-electron chi connectivity index (χ3n) is 8.95. The van der Waals surface area contributed by atoms with E-state index in [1.54, 1.807) is 24.3 Å². The maximum atomic E-state index is 12.2. The van der Waals surface area contributed by atoms with Crippen molar-refractivity contribution in [1.29, 1.82) is 0 Å². The molecule has 0 aliphatic heterocycles. The van der Waals surface area contributed by atoms with Gasteiger partial charge in [-0.1, -0.05) is 127 Å². The van der Waals surface area contributed by atoms with E-state index >= 15 is 0 Å². The number of hydrogen-bond donors (Lipinski definition) is 4. The van der Waals surface area contributed by atoms with Crippen LogP contribution in [-0.2, 0) is 12.8 Å². The monoisotopic (exact) mass is 718 g/mol. The minimum Gasteiger partial charge on any atom is -0.478 e. The van der Waals surface area contributed by atoms with Crippen molar-refractivity contribution in [3.05, 3.63) is 124 Å². The number of carboxylic acid groups (broad SMARTS) is 1. The van der Waals surface area contributed by atoms with E-state index in [9.17, 15) is 19.5 Å². The number of benzene rings is 4. The molecule has 9 nitrogen and oxygen atoms in total. The summed E-state index contributed by atoms with van der Waals surface area (Å²) in [6, 6.07) is 29.4. The average Bonchev–Trinajstić information content (AvgIpc) is 3.15. The van der Waals surface area contributed by atoms with Crippen LogP contribution in [0.1, 0.15) is 112 Å². The zero-order valence-corrected chi connectivity index (χ0v) is 31.2. The summed E-state index contributed by atoms with van der Waals surface area (Å²) in [5.41, 5.74) is 4.47. The molecule has 0 aliphatic carbocycles. The van der Waals surface area contributed by atoms with Gasteiger partial charge in [0.15, 0.2) is 0 Å². The Labute approximate surface area is 313 Å². The molecule has 0 aliphatic rings. The van der Waals surface area contributed by atoms with Gasteiger partial charge in [-0.25, -0.2) is 14.4 Å². The number of aromatic nitrogens is 1.